The molecular weight excluding hydrogens is 396 g/mol. The number of sulfonamides is 1. The number of amides is 1. The zero-order valence-corrected chi connectivity index (χ0v) is 16.4. The fourth-order valence-corrected chi connectivity index (χ4v) is 5.16. The van der Waals surface area contributed by atoms with Crippen LogP contribution >= 0.6 is 0 Å². The van der Waals surface area contributed by atoms with Crippen LogP contribution in [0.25, 0.3) is 0 Å². The highest BCUT2D eigenvalue weighted by Gasteiger charge is 2.32. The van der Waals surface area contributed by atoms with Crippen LogP contribution in [0, 0.1) is 10.1 Å². The average molecular weight is 416 g/mol. The summed E-state index contributed by atoms with van der Waals surface area (Å²) >= 11 is 0. The average Bonchev–Trinajstić information content (AvgIpc) is 2.73. The lowest BCUT2D eigenvalue weighted by Gasteiger charge is -2.35. The van der Waals surface area contributed by atoms with Crippen LogP contribution in [0.2, 0.25) is 0 Å². The Kier molecular flexibility index (Phi) is 4.97. The summed E-state index contributed by atoms with van der Waals surface area (Å²) in [5.74, 6) is -0.115. The number of aryl methyl sites for hydroxylation is 1. The van der Waals surface area contributed by atoms with Crippen LogP contribution in [-0.2, 0) is 21.2 Å². The van der Waals surface area contributed by atoms with E-state index >= 15 is 0 Å². The van der Waals surface area contributed by atoms with Crippen molar-refractivity contribution in [3.05, 3.63) is 58.1 Å². The molecule has 10 heteroatoms. The normalized spacial score (nSPS) is 17.5. The van der Waals surface area contributed by atoms with Gasteiger partial charge in [0.2, 0.25) is 15.9 Å². The second kappa shape index (κ2) is 7.45. The number of rotatable bonds is 4. The van der Waals surface area contributed by atoms with Crippen molar-refractivity contribution in [1.29, 1.82) is 0 Å². The molecule has 0 unspecified atom stereocenters. The first-order chi connectivity index (χ1) is 13.9. The summed E-state index contributed by atoms with van der Waals surface area (Å²) in [6, 6.07) is 11.4. The molecule has 2 heterocycles. The van der Waals surface area contributed by atoms with E-state index in [1.54, 1.807) is 41.3 Å². The van der Waals surface area contributed by atoms with Gasteiger partial charge in [-0.05, 0) is 30.2 Å². The van der Waals surface area contributed by atoms with Gasteiger partial charge in [-0.3, -0.25) is 14.9 Å². The Balaban J connectivity index is 1.58. The van der Waals surface area contributed by atoms with Gasteiger partial charge < -0.3 is 10.2 Å². The van der Waals surface area contributed by atoms with Gasteiger partial charge in [-0.2, -0.15) is 4.31 Å². The standard InChI is InChI=1S/C19H20N4O5S/c24-19-7-6-14-12-18(23(25)26)17(13-16(14)20-19)21-8-10-22(11-9-21)29(27,28)15-4-2-1-3-5-15/h1-5,12-13H,6-11H2,(H,20,24). The van der Waals surface area contributed by atoms with Gasteiger partial charge in [-0.25, -0.2) is 8.42 Å². The van der Waals surface area contributed by atoms with Crippen molar-refractivity contribution in [2.24, 2.45) is 0 Å². The zero-order valence-electron chi connectivity index (χ0n) is 15.6. The minimum atomic E-state index is -3.60. The molecule has 9 nitrogen and oxygen atoms in total. The third-order valence-corrected chi connectivity index (χ3v) is 7.17. The van der Waals surface area contributed by atoms with Gasteiger partial charge in [0.25, 0.3) is 5.69 Å². The summed E-state index contributed by atoms with van der Waals surface area (Å²) in [4.78, 5) is 24.9. The van der Waals surface area contributed by atoms with Crippen LogP contribution in [0.3, 0.4) is 0 Å². The minimum Gasteiger partial charge on any atom is -0.363 e. The number of nitrogens with one attached hydrogen (secondary N) is 1. The smallest absolute Gasteiger partial charge is 0.292 e. The lowest BCUT2D eigenvalue weighted by molar-refractivity contribution is -0.384. The van der Waals surface area contributed by atoms with Gasteiger partial charge in [0.1, 0.15) is 5.69 Å². The number of carbonyl (C=O) groups excluding carboxylic acids is 1. The molecule has 2 aliphatic heterocycles. The minimum absolute atomic E-state index is 0.0285. The molecule has 1 amide bonds. The molecule has 152 valence electrons. The van der Waals surface area contributed by atoms with E-state index in [2.05, 4.69) is 5.32 Å². The number of fused-ring (bicyclic) bond motifs is 1. The molecule has 1 fully saturated rings. The summed E-state index contributed by atoms with van der Waals surface area (Å²) in [5, 5.41) is 14.4. The molecule has 2 aromatic rings. The quantitative estimate of drug-likeness (QED) is 0.602. The fourth-order valence-electron chi connectivity index (χ4n) is 3.71. The number of hydrogen-bond acceptors (Lipinski definition) is 6. The van der Waals surface area contributed by atoms with Crippen LogP contribution in [0.4, 0.5) is 17.1 Å². The molecule has 0 aliphatic carbocycles. The molecule has 29 heavy (non-hydrogen) atoms. The highest BCUT2D eigenvalue weighted by Crippen LogP contribution is 2.37. The highest BCUT2D eigenvalue weighted by molar-refractivity contribution is 7.89. The van der Waals surface area contributed by atoms with Crippen molar-refractivity contribution in [2.45, 2.75) is 17.7 Å². The first kappa shape index (κ1) is 19.3. The van der Waals surface area contributed by atoms with Gasteiger partial charge in [-0.15, -0.1) is 0 Å². The lowest BCUT2D eigenvalue weighted by atomic mass is 10.0. The van der Waals surface area contributed by atoms with E-state index in [9.17, 15) is 23.3 Å². The van der Waals surface area contributed by atoms with E-state index in [1.165, 1.54) is 10.4 Å². The molecule has 1 saturated heterocycles. The molecule has 0 radical (unpaired) electrons. The van der Waals surface area contributed by atoms with Crippen LogP contribution in [0.5, 0.6) is 0 Å². The number of nitro groups is 1. The maximum absolute atomic E-state index is 12.8. The van der Waals surface area contributed by atoms with Gasteiger partial charge in [-0.1, -0.05) is 18.2 Å². The summed E-state index contributed by atoms with van der Waals surface area (Å²) in [7, 11) is -3.60. The Hall–Kier alpha value is -2.98. The SMILES string of the molecule is O=C1CCc2cc([N+](=O)[O-])c(N3CCN(S(=O)(=O)c4ccccc4)CC3)cc2N1. The largest absolute Gasteiger partial charge is 0.363 e. The van der Waals surface area contributed by atoms with Crippen molar-refractivity contribution < 1.29 is 18.1 Å². The van der Waals surface area contributed by atoms with Crippen LogP contribution in [-0.4, -0.2) is 49.7 Å². The molecule has 1 N–H and O–H groups in total. The van der Waals surface area contributed by atoms with Crippen molar-refractivity contribution in [3.63, 3.8) is 0 Å². The Morgan fingerprint density at radius 2 is 1.69 bits per heavy atom. The Labute approximate surface area is 168 Å². The van der Waals surface area contributed by atoms with Gasteiger partial charge in [0.05, 0.1) is 9.82 Å². The molecule has 4 rings (SSSR count). The van der Waals surface area contributed by atoms with Crippen molar-refractivity contribution in [2.75, 3.05) is 36.4 Å². The summed E-state index contributed by atoms with van der Waals surface area (Å²) in [6.45, 7) is 1.08. The number of nitrogens with zero attached hydrogens (tertiary/aromatic N) is 3. The monoisotopic (exact) mass is 416 g/mol. The molecule has 2 aromatic carbocycles. The van der Waals surface area contributed by atoms with E-state index in [-0.39, 0.29) is 29.6 Å². The Morgan fingerprint density at radius 1 is 1.00 bits per heavy atom. The zero-order chi connectivity index (χ0) is 20.6. The Bertz CT molecular complexity index is 1060. The number of piperazine rings is 1. The first-order valence-electron chi connectivity index (χ1n) is 9.27. The van der Waals surface area contributed by atoms with E-state index in [0.717, 1.165) is 5.56 Å². The third-order valence-electron chi connectivity index (χ3n) is 5.25. The van der Waals surface area contributed by atoms with Crippen LogP contribution in [0.1, 0.15) is 12.0 Å². The number of hydrogen-bond donors (Lipinski definition) is 1. The van der Waals surface area contributed by atoms with E-state index < -0.39 is 14.9 Å². The molecule has 0 aromatic heterocycles. The number of nitro benzene ring substituents is 1. The van der Waals surface area contributed by atoms with Gasteiger partial charge in [0.15, 0.2) is 0 Å². The topological polar surface area (TPSA) is 113 Å². The maximum Gasteiger partial charge on any atom is 0.292 e. The Morgan fingerprint density at radius 3 is 2.34 bits per heavy atom. The number of carbonyl (C=O) groups is 1. The van der Waals surface area contributed by atoms with Crippen molar-refractivity contribution >= 4 is 33.0 Å². The molecule has 0 atom stereocenters. The number of anilines is 2. The third kappa shape index (κ3) is 3.68. The van der Waals surface area contributed by atoms with Gasteiger partial charge in [0, 0.05) is 44.4 Å². The summed E-state index contributed by atoms with van der Waals surface area (Å²) in [6.07, 6.45) is 0.769. The van der Waals surface area contributed by atoms with Crippen LogP contribution < -0.4 is 10.2 Å². The van der Waals surface area contributed by atoms with E-state index in [4.69, 9.17) is 0 Å². The summed E-state index contributed by atoms with van der Waals surface area (Å²) < 4.78 is 27.0. The van der Waals surface area contributed by atoms with Crippen LogP contribution in [0.15, 0.2) is 47.4 Å². The van der Waals surface area contributed by atoms with Gasteiger partial charge >= 0.3 is 0 Å². The fraction of sp³-hybridized carbons (Fsp3) is 0.316. The van der Waals surface area contributed by atoms with Crippen molar-refractivity contribution in [1.82, 2.24) is 4.31 Å². The maximum atomic E-state index is 12.8. The number of benzene rings is 2. The molecule has 0 saturated carbocycles. The molecule has 0 bridgehead atoms. The second-order valence-electron chi connectivity index (χ2n) is 7.01. The molecule has 0 spiro atoms. The van der Waals surface area contributed by atoms with E-state index in [1.807, 2.05) is 0 Å². The highest BCUT2D eigenvalue weighted by atomic mass is 32.2. The predicted molar refractivity (Wildman–Crippen MR) is 107 cm³/mol. The lowest BCUT2D eigenvalue weighted by Crippen LogP contribution is -2.48. The summed E-state index contributed by atoms with van der Waals surface area (Å²) in [5.41, 5.74) is 1.69. The molecular formula is C19H20N4O5S. The molecule has 2 aliphatic rings. The predicted octanol–water partition coefficient (Wildman–Crippen LogP) is 1.99. The first-order valence-corrected chi connectivity index (χ1v) is 10.7. The van der Waals surface area contributed by atoms with Crippen molar-refractivity contribution in [3.8, 4) is 0 Å². The van der Waals surface area contributed by atoms with E-state index in [0.29, 0.717) is 37.3 Å². The second-order valence-corrected chi connectivity index (χ2v) is 8.95.